The second kappa shape index (κ2) is 4.75. The number of carbonyl (C=O) groups is 1. The zero-order valence-corrected chi connectivity index (χ0v) is 9.23. The van der Waals surface area contributed by atoms with Crippen molar-refractivity contribution in [3.63, 3.8) is 0 Å². The molecule has 0 fully saturated rings. The lowest BCUT2D eigenvalue weighted by Crippen LogP contribution is -2.13. The number of rotatable bonds is 4. The van der Waals surface area contributed by atoms with E-state index in [9.17, 15) is 4.79 Å². The normalized spacial score (nSPS) is 10.3. The van der Waals surface area contributed by atoms with Crippen LogP contribution in [0.1, 0.15) is 13.3 Å². The molecule has 0 atom stereocenters. The highest BCUT2D eigenvalue weighted by molar-refractivity contribution is 5.83. The van der Waals surface area contributed by atoms with E-state index < -0.39 is 0 Å². The number of pyridine rings is 1. The lowest BCUT2D eigenvalue weighted by molar-refractivity contribution is -0.117. The van der Waals surface area contributed by atoms with E-state index in [0.717, 1.165) is 16.7 Å². The van der Waals surface area contributed by atoms with E-state index in [1.165, 1.54) is 0 Å². The summed E-state index contributed by atoms with van der Waals surface area (Å²) < 4.78 is 0. The summed E-state index contributed by atoms with van der Waals surface area (Å²) in [6, 6.07) is 11.8. The van der Waals surface area contributed by atoms with E-state index in [1.807, 2.05) is 43.3 Å². The molecule has 0 amide bonds. The highest BCUT2D eigenvalue weighted by Crippen LogP contribution is 2.14. The molecule has 0 saturated heterocycles. The molecule has 1 heterocycles. The van der Waals surface area contributed by atoms with Crippen molar-refractivity contribution < 1.29 is 4.79 Å². The maximum atomic E-state index is 11.2. The molecular formula is C13H14N2O. The van der Waals surface area contributed by atoms with E-state index in [2.05, 4.69) is 10.3 Å². The predicted molar refractivity (Wildman–Crippen MR) is 65.5 cm³/mol. The Labute approximate surface area is 94.5 Å². The Balaban J connectivity index is 2.16. The fraction of sp³-hybridized carbons (Fsp3) is 0.231. The van der Waals surface area contributed by atoms with E-state index in [4.69, 9.17) is 0 Å². The molecule has 0 saturated carbocycles. The maximum Gasteiger partial charge on any atom is 0.151 e. The summed E-state index contributed by atoms with van der Waals surface area (Å²) in [5, 5.41) is 4.13. The number of Topliss-reactive ketones (excluding diaryl/α,β-unsaturated/α-hetero) is 1. The van der Waals surface area contributed by atoms with E-state index in [0.29, 0.717) is 13.0 Å². The van der Waals surface area contributed by atoms with Crippen LogP contribution in [-0.2, 0) is 4.79 Å². The van der Waals surface area contributed by atoms with Gasteiger partial charge >= 0.3 is 0 Å². The van der Waals surface area contributed by atoms with Gasteiger partial charge in [-0.05, 0) is 18.2 Å². The quantitative estimate of drug-likeness (QED) is 0.850. The van der Waals surface area contributed by atoms with Crippen molar-refractivity contribution >= 4 is 22.5 Å². The molecule has 16 heavy (non-hydrogen) atoms. The molecule has 0 unspecified atom stereocenters. The van der Waals surface area contributed by atoms with Gasteiger partial charge in [-0.15, -0.1) is 0 Å². The third kappa shape index (κ3) is 2.37. The van der Waals surface area contributed by atoms with E-state index in [1.54, 1.807) is 0 Å². The summed E-state index contributed by atoms with van der Waals surface area (Å²) in [5.74, 6) is 0.940. The van der Waals surface area contributed by atoms with Gasteiger partial charge in [-0.3, -0.25) is 4.79 Å². The second-order valence-electron chi connectivity index (χ2n) is 3.63. The Morgan fingerprint density at radius 2 is 2.06 bits per heavy atom. The number of carbonyl (C=O) groups excluding carboxylic acids is 1. The van der Waals surface area contributed by atoms with Gasteiger partial charge in [-0.25, -0.2) is 4.98 Å². The number of hydrogen-bond donors (Lipinski definition) is 1. The second-order valence-corrected chi connectivity index (χ2v) is 3.63. The topological polar surface area (TPSA) is 42.0 Å². The monoisotopic (exact) mass is 214 g/mol. The highest BCUT2D eigenvalue weighted by atomic mass is 16.1. The Bertz CT molecular complexity index is 508. The molecule has 3 nitrogen and oxygen atoms in total. The first-order chi connectivity index (χ1) is 7.79. The molecule has 0 spiro atoms. The van der Waals surface area contributed by atoms with Crippen LogP contribution in [-0.4, -0.2) is 17.3 Å². The minimum Gasteiger partial charge on any atom is -0.363 e. The van der Waals surface area contributed by atoms with Crippen molar-refractivity contribution in [3.8, 4) is 0 Å². The summed E-state index contributed by atoms with van der Waals surface area (Å²) in [6.45, 7) is 2.21. The lowest BCUT2D eigenvalue weighted by atomic mass is 10.2. The van der Waals surface area contributed by atoms with Crippen LogP contribution in [0.5, 0.6) is 0 Å². The molecule has 0 bridgehead atoms. The van der Waals surface area contributed by atoms with Crippen LogP contribution >= 0.6 is 0 Å². The first kappa shape index (κ1) is 10.6. The summed E-state index contributed by atoms with van der Waals surface area (Å²) in [6.07, 6.45) is 0.556. The van der Waals surface area contributed by atoms with Crippen molar-refractivity contribution in [2.45, 2.75) is 13.3 Å². The molecule has 0 radical (unpaired) electrons. The summed E-state index contributed by atoms with van der Waals surface area (Å²) in [4.78, 5) is 15.6. The van der Waals surface area contributed by atoms with Crippen LogP contribution in [0.3, 0.4) is 0 Å². The number of para-hydroxylation sites is 1. The Hall–Kier alpha value is -1.90. The van der Waals surface area contributed by atoms with Gasteiger partial charge < -0.3 is 5.32 Å². The van der Waals surface area contributed by atoms with Crippen molar-refractivity contribution in [2.75, 3.05) is 11.9 Å². The number of nitrogens with one attached hydrogen (secondary N) is 1. The van der Waals surface area contributed by atoms with Gasteiger partial charge in [0.2, 0.25) is 0 Å². The molecule has 0 aliphatic heterocycles. The third-order valence-electron chi connectivity index (χ3n) is 2.46. The smallest absolute Gasteiger partial charge is 0.151 e. The molecule has 2 rings (SSSR count). The van der Waals surface area contributed by atoms with Crippen molar-refractivity contribution in [1.29, 1.82) is 0 Å². The van der Waals surface area contributed by atoms with Gasteiger partial charge in [0.1, 0.15) is 5.82 Å². The van der Waals surface area contributed by atoms with E-state index >= 15 is 0 Å². The third-order valence-corrected chi connectivity index (χ3v) is 2.46. The molecule has 1 aromatic carbocycles. The maximum absolute atomic E-state index is 11.2. The van der Waals surface area contributed by atoms with Gasteiger partial charge in [-0.2, -0.15) is 0 Å². The molecule has 1 aromatic heterocycles. The number of aromatic nitrogens is 1. The predicted octanol–water partition coefficient (Wildman–Crippen LogP) is 2.63. The molecule has 82 valence electrons. The van der Waals surface area contributed by atoms with Crippen molar-refractivity contribution in [2.24, 2.45) is 0 Å². The summed E-state index contributed by atoms with van der Waals surface area (Å²) >= 11 is 0. The number of fused-ring (bicyclic) bond motifs is 1. The largest absolute Gasteiger partial charge is 0.363 e. The molecule has 1 N–H and O–H groups in total. The van der Waals surface area contributed by atoms with Gasteiger partial charge in [-0.1, -0.05) is 25.1 Å². The lowest BCUT2D eigenvalue weighted by Gasteiger charge is -2.05. The zero-order chi connectivity index (χ0) is 11.4. The fourth-order valence-corrected chi connectivity index (χ4v) is 1.48. The molecular weight excluding hydrogens is 200 g/mol. The van der Waals surface area contributed by atoms with Crippen LogP contribution in [0, 0.1) is 0 Å². The molecule has 2 aromatic rings. The van der Waals surface area contributed by atoms with Crippen LogP contribution in [0.4, 0.5) is 5.82 Å². The first-order valence-electron chi connectivity index (χ1n) is 5.41. The number of ketones is 1. The van der Waals surface area contributed by atoms with E-state index in [-0.39, 0.29) is 5.78 Å². The van der Waals surface area contributed by atoms with Crippen LogP contribution in [0.2, 0.25) is 0 Å². The summed E-state index contributed by atoms with van der Waals surface area (Å²) in [5.41, 5.74) is 0.941. The Kier molecular flexibility index (Phi) is 3.15. The SMILES string of the molecule is CCC(=O)CNc1ccc2ccccc2n1. The van der Waals surface area contributed by atoms with Gasteiger partial charge in [0.25, 0.3) is 0 Å². The van der Waals surface area contributed by atoms with Gasteiger partial charge in [0.15, 0.2) is 5.78 Å². The Morgan fingerprint density at radius 3 is 2.88 bits per heavy atom. The minimum atomic E-state index is 0.190. The van der Waals surface area contributed by atoms with Crippen LogP contribution in [0.15, 0.2) is 36.4 Å². The average molecular weight is 214 g/mol. The van der Waals surface area contributed by atoms with Crippen LogP contribution in [0.25, 0.3) is 10.9 Å². The summed E-state index contributed by atoms with van der Waals surface area (Å²) in [7, 11) is 0. The zero-order valence-electron chi connectivity index (χ0n) is 9.23. The molecule has 0 aliphatic carbocycles. The standard InChI is InChI=1S/C13H14N2O/c1-2-11(16)9-14-13-8-7-10-5-3-4-6-12(10)15-13/h3-8H,2,9H2,1H3,(H,14,15). The van der Waals surface area contributed by atoms with Crippen LogP contribution < -0.4 is 5.32 Å². The Morgan fingerprint density at radius 1 is 1.25 bits per heavy atom. The van der Waals surface area contributed by atoms with Gasteiger partial charge in [0.05, 0.1) is 12.1 Å². The van der Waals surface area contributed by atoms with Crippen molar-refractivity contribution in [1.82, 2.24) is 4.98 Å². The van der Waals surface area contributed by atoms with Gasteiger partial charge in [0, 0.05) is 11.8 Å². The number of hydrogen-bond acceptors (Lipinski definition) is 3. The first-order valence-corrected chi connectivity index (χ1v) is 5.41. The van der Waals surface area contributed by atoms with Crippen molar-refractivity contribution in [3.05, 3.63) is 36.4 Å². The molecule has 3 heteroatoms. The highest BCUT2D eigenvalue weighted by Gasteiger charge is 2.00. The number of benzene rings is 1. The molecule has 0 aliphatic rings. The number of nitrogens with zero attached hydrogens (tertiary/aromatic N) is 1. The minimum absolute atomic E-state index is 0.190. The fourth-order valence-electron chi connectivity index (χ4n) is 1.48. The average Bonchev–Trinajstić information content (AvgIpc) is 2.35. The number of anilines is 1.